The van der Waals surface area contributed by atoms with Crippen molar-refractivity contribution in [3.05, 3.63) is 42.7 Å². The Morgan fingerprint density at radius 1 is 1.38 bits per heavy atom. The van der Waals surface area contributed by atoms with Crippen LogP contribution in [0.4, 0.5) is 0 Å². The van der Waals surface area contributed by atoms with Gasteiger partial charge < -0.3 is 9.15 Å². The lowest BCUT2D eigenvalue weighted by molar-refractivity contribution is 0.260. The summed E-state index contributed by atoms with van der Waals surface area (Å²) in [6, 6.07) is 5.36. The monoisotopic (exact) mass is 176 g/mol. The van der Waals surface area contributed by atoms with Crippen LogP contribution >= 0.6 is 0 Å². The van der Waals surface area contributed by atoms with E-state index in [-0.39, 0.29) is 0 Å². The van der Waals surface area contributed by atoms with E-state index in [2.05, 4.69) is 9.97 Å². The van der Waals surface area contributed by atoms with Gasteiger partial charge in [0, 0.05) is 12.3 Å². The molecule has 0 aliphatic heterocycles. The zero-order valence-corrected chi connectivity index (χ0v) is 6.88. The molecule has 0 aliphatic rings. The molecule has 4 nitrogen and oxygen atoms in total. The van der Waals surface area contributed by atoms with Crippen LogP contribution in [0.3, 0.4) is 0 Å². The van der Waals surface area contributed by atoms with E-state index in [9.17, 15) is 0 Å². The summed E-state index contributed by atoms with van der Waals surface area (Å²) >= 11 is 0. The number of nitrogens with zero attached hydrogens (tertiary/aromatic N) is 2. The van der Waals surface area contributed by atoms with Crippen molar-refractivity contribution in [2.24, 2.45) is 0 Å². The summed E-state index contributed by atoms with van der Waals surface area (Å²) < 4.78 is 10.4. The van der Waals surface area contributed by atoms with Crippen molar-refractivity contribution in [2.45, 2.75) is 6.61 Å². The van der Waals surface area contributed by atoms with Crippen molar-refractivity contribution in [2.75, 3.05) is 0 Å². The maximum absolute atomic E-state index is 5.31. The molecule has 0 saturated carbocycles. The molecule has 0 aromatic carbocycles. The number of ether oxygens (including phenoxy) is 1. The molecule has 0 aliphatic carbocycles. The Bertz CT molecular complexity index is 345. The zero-order chi connectivity index (χ0) is 8.93. The van der Waals surface area contributed by atoms with Crippen LogP contribution in [-0.4, -0.2) is 9.97 Å². The van der Waals surface area contributed by atoms with Gasteiger partial charge in [-0.1, -0.05) is 0 Å². The molecule has 0 fully saturated rings. The highest BCUT2D eigenvalue weighted by molar-refractivity contribution is 5.05. The molecule has 2 aromatic heterocycles. The van der Waals surface area contributed by atoms with Crippen molar-refractivity contribution >= 4 is 0 Å². The fraction of sp³-hybridized carbons (Fsp3) is 0.111. The van der Waals surface area contributed by atoms with E-state index in [0.717, 1.165) is 5.76 Å². The largest absolute Gasteiger partial charge is 0.469 e. The highest BCUT2D eigenvalue weighted by Crippen LogP contribution is 2.07. The normalized spacial score (nSPS) is 9.85. The van der Waals surface area contributed by atoms with Gasteiger partial charge >= 0.3 is 0 Å². The first kappa shape index (κ1) is 7.79. The lowest BCUT2D eigenvalue weighted by Gasteiger charge is -2.00. The summed E-state index contributed by atoms with van der Waals surface area (Å²) in [6.07, 6.45) is 4.68. The molecule has 0 bridgehead atoms. The number of hydrogen-bond donors (Lipinski definition) is 0. The van der Waals surface area contributed by atoms with Crippen LogP contribution < -0.4 is 4.74 Å². The summed E-state index contributed by atoms with van der Waals surface area (Å²) in [7, 11) is 0. The Balaban J connectivity index is 1.94. The van der Waals surface area contributed by atoms with Crippen molar-refractivity contribution in [3.63, 3.8) is 0 Å². The Hall–Kier alpha value is -1.84. The van der Waals surface area contributed by atoms with Crippen LogP contribution in [0.15, 0.2) is 41.4 Å². The second-order valence-electron chi connectivity index (χ2n) is 2.42. The Morgan fingerprint density at radius 3 is 3.08 bits per heavy atom. The minimum Gasteiger partial charge on any atom is -0.469 e. The SMILES string of the molecule is c1coc(COc2ccncn2)c1. The van der Waals surface area contributed by atoms with Gasteiger partial charge in [0.05, 0.1) is 6.26 Å². The fourth-order valence-electron chi connectivity index (χ4n) is 0.904. The molecule has 4 heteroatoms. The molecule has 0 radical (unpaired) electrons. The van der Waals surface area contributed by atoms with Gasteiger partial charge in [-0.3, -0.25) is 0 Å². The Morgan fingerprint density at radius 2 is 2.38 bits per heavy atom. The molecule has 0 unspecified atom stereocenters. The topological polar surface area (TPSA) is 48.2 Å². The van der Waals surface area contributed by atoms with Crippen LogP contribution in [0.2, 0.25) is 0 Å². The van der Waals surface area contributed by atoms with Gasteiger partial charge in [0.25, 0.3) is 0 Å². The van der Waals surface area contributed by atoms with Gasteiger partial charge in [-0.2, -0.15) is 0 Å². The molecule has 0 spiro atoms. The van der Waals surface area contributed by atoms with E-state index in [4.69, 9.17) is 9.15 Å². The van der Waals surface area contributed by atoms with Crippen LogP contribution in [0.1, 0.15) is 5.76 Å². The van der Waals surface area contributed by atoms with Crippen molar-refractivity contribution < 1.29 is 9.15 Å². The first-order valence-electron chi connectivity index (χ1n) is 3.86. The third-order valence-corrected chi connectivity index (χ3v) is 1.50. The predicted molar refractivity (Wildman–Crippen MR) is 45.1 cm³/mol. The molecule has 0 N–H and O–H groups in total. The van der Waals surface area contributed by atoms with E-state index in [0.29, 0.717) is 12.5 Å². The van der Waals surface area contributed by atoms with Crippen LogP contribution in [0.5, 0.6) is 5.88 Å². The summed E-state index contributed by atoms with van der Waals surface area (Å²) in [5.74, 6) is 1.32. The highest BCUT2D eigenvalue weighted by Gasteiger charge is 1.97. The maximum atomic E-state index is 5.31. The third kappa shape index (κ3) is 2.05. The van der Waals surface area contributed by atoms with Gasteiger partial charge in [0.2, 0.25) is 5.88 Å². The summed E-state index contributed by atoms with van der Waals surface area (Å²) in [5.41, 5.74) is 0. The minimum absolute atomic E-state index is 0.393. The van der Waals surface area contributed by atoms with E-state index in [1.807, 2.05) is 12.1 Å². The first-order chi connectivity index (χ1) is 6.45. The number of furan rings is 1. The lowest BCUT2D eigenvalue weighted by Crippen LogP contribution is -1.95. The van der Waals surface area contributed by atoms with Gasteiger partial charge in [-0.05, 0) is 12.1 Å². The predicted octanol–water partition coefficient (Wildman–Crippen LogP) is 1.65. The fourth-order valence-corrected chi connectivity index (χ4v) is 0.904. The van der Waals surface area contributed by atoms with E-state index in [1.165, 1.54) is 6.33 Å². The standard InChI is InChI=1S/C9H8N2O2/c1-2-8(12-5-1)6-13-9-3-4-10-7-11-9/h1-5,7H,6H2. The first-order valence-corrected chi connectivity index (χ1v) is 3.86. The van der Waals surface area contributed by atoms with Crippen LogP contribution in [-0.2, 0) is 6.61 Å². The molecule has 0 saturated heterocycles. The van der Waals surface area contributed by atoms with Gasteiger partial charge in [-0.25, -0.2) is 9.97 Å². The second-order valence-corrected chi connectivity index (χ2v) is 2.42. The van der Waals surface area contributed by atoms with Gasteiger partial charge in [-0.15, -0.1) is 0 Å². The highest BCUT2D eigenvalue weighted by atomic mass is 16.5. The molecule has 0 atom stereocenters. The van der Waals surface area contributed by atoms with E-state index >= 15 is 0 Å². The molecular weight excluding hydrogens is 168 g/mol. The maximum Gasteiger partial charge on any atom is 0.216 e. The summed E-state index contributed by atoms with van der Waals surface area (Å²) in [6.45, 7) is 0.393. The molecule has 0 amide bonds. The average molecular weight is 176 g/mol. The van der Waals surface area contributed by atoms with Crippen molar-refractivity contribution in [1.29, 1.82) is 0 Å². The van der Waals surface area contributed by atoms with Gasteiger partial charge in [0.15, 0.2) is 0 Å². The summed E-state index contributed by atoms with van der Waals surface area (Å²) in [4.78, 5) is 7.68. The Kier molecular flexibility index (Phi) is 2.22. The lowest BCUT2D eigenvalue weighted by atomic mass is 10.5. The molecule has 13 heavy (non-hydrogen) atoms. The van der Waals surface area contributed by atoms with E-state index in [1.54, 1.807) is 18.5 Å². The van der Waals surface area contributed by atoms with Crippen LogP contribution in [0.25, 0.3) is 0 Å². The van der Waals surface area contributed by atoms with Crippen LogP contribution in [0, 0.1) is 0 Å². The smallest absolute Gasteiger partial charge is 0.216 e. The summed E-state index contributed by atoms with van der Waals surface area (Å²) in [5, 5.41) is 0. The van der Waals surface area contributed by atoms with E-state index < -0.39 is 0 Å². The number of rotatable bonds is 3. The quantitative estimate of drug-likeness (QED) is 0.713. The average Bonchev–Trinajstić information content (AvgIpc) is 2.69. The molecule has 2 aromatic rings. The molecule has 2 heterocycles. The molecular formula is C9H8N2O2. The van der Waals surface area contributed by atoms with Gasteiger partial charge in [0.1, 0.15) is 18.7 Å². The second kappa shape index (κ2) is 3.71. The number of hydrogen-bond acceptors (Lipinski definition) is 4. The third-order valence-electron chi connectivity index (χ3n) is 1.50. The molecule has 66 valence electrons. The molecule has 2 rings (SSSR count). The Labute approximate surface area is 75.2 Å². The van der Waals surface area contributed by atoms with Crippen molar-refractivity contribution in [3.8, 4) is 5.88 Å². The number of aromatic nitrogens is 2. The van der Waals surface area contributed by atoms with Crippen molar-refractivity contribution in [1.82, 2.24) is 9.97 Å². The minimum atomic E-state index is 0.393. The zero-order valence-electron chi connectivity index (χ0n) is 6.88.